The number of esters is 1. The molecule has 1 rings (SSSR count). The maximum atomic E-state index is 11.0. The monoisotopic (exact) mass is 238 g/mol. The average molecular weight is 238 g/mol. The minimum atomic E-state index is -0.681. The van der Waals surface area contributed by atoms with Gasteiger partial charge in [0.05, 0.1) is 19.0 Å². The van der Waals surface area contributed by atoms with E-state index < -0.39 is 12.1 Å². The fourth-order valence-electron chi connectivity index (χ4n) is 1.51. The normalized spacial score (nSPS) is 14.8. The second-order valence-corrected chi connectivity index (χ2v) is 3.83. The summed E-state index contributed by atoms with van der Waals surface area (Å²) in [6, 6.07) is 3.68. The maximum absolute atomic E-state index is 11.0. The number of hydrogen-bond acceptors (Lipinski definition) is 4. The molecule has 0 saturated heterocycles. The Hall–Kier alpha value is -1.55. The van der Waals surface area contributed by atoms with Gasteiger partial charge in [0, 0.05) is 12.0 Å². The van der Waals surface area contributed by atoms with Crippen LogP contribution in [0.4, 0.5) is 0 Å². The molecule has 17 heavy (non-hydrogen) atoms. The fourth-order valence-corrected chi connectivity index (χ4v) is 1.51. The van der Waals surface area contributed by atoms with E-state index in [2.05, 4.69) is 0 Å². The van der Waals surface area contributed by atoms with Crippen molar-refractivity contribution in [2.45, 2.75) is 32.3 Å². The molecule has 0 fully saturated rings. The predicted molar refractivity (Wildman–Crippen MR) is 63.5 cm³/mol. The van der Waals surface area contributed by atoms with Crippen LogP contribution < -0.4 is 0 Å². The van der Waals surface area contributed by atoms with Crippen molar-refractivity contribution in [1.29, 1.82) is 0 Å². The summed E-state index contributed by atoms with van der Waals surface area (Å²) in [5.41, 5.74) is 0. The highest BCUT2D eigenvalue weighted by atomic mass is 16.5. The molecule has 1 heterocycles. The lowest BCUT2D eigenvalue weighted by Gasteiger charge is -2.11. The Morgan fingerprint density at radius 1 is 1.65 bits per heavy atom. The summed E-state index contributed by atoms with van der Waals surface area (Å²) in [7, 11) is 0. The van der Waals surface area contributed by atoms with Gasteiger partial charge in [0.1, 0.15) is 5.76 Å². The van der Waals surface area contributed by atoms with Gasteiger partial charge < -0.3 is 14.3 Å². The number of ether oxygens (including phenoxy) is 1. The van der Waals surface area contributed by atoms with E-state index >= 15 is 0 Å². The van der Waals surface area contributed by atoms with Crippen LogP contribution in [0.15, 0.2) is 35.0 Å². The van der Waals surface area contributed by atoms with Gasteiger partial charge in [-0.2, -0.15) is 0 Å². The van der Waals surface area contributed by atoms with Crippen LogP contribution in [0.2, 0.25) is 0 Å². The Labute approximate surface area is 101 Å². The number of aliphatic hydroxyl groups excluding tert-OH is 1. The highest BCUT2D eigenvalue weighted by Crippen LogP contribution is 2.21. The molecule has 0 aliphatic rings. The Morgan fingerprint density at radius 2 is 2.41 bits per heavy atom. The molecule has 94 valence electrons. The van der Waals surface area contributed by atoms with E-state index in [-0.39, 0.29) is 5.92 Å². The van der Waals surface area contributed by atoms with Crippen molar-refractivity contribution < 1.29 is 19.1 Å². The molecular formula is C13H18O4. The summed E-state index contributed by atoms with van der Waals surface area (Å²) < 4.78 is 9.95. The summed E-state index contributed by atoms with van der Waals surface area (Å²) in [6.07, 6.45) is 4.12. The van der Waals surface area contributed by atoms with E-state index in [1.54, 1.807) is 13.2 Å². The van der Waals surface area contributed by atoms with E-state index in [1.807, 2.05) is 19.1 Å². The molecule has 4 nitrogen and oxygen atoms in total. The number of carbonyl (C=O) groups is 1. The third-order valence-corrected chi connectivity index (χ3v) is 2.36. The van der Waals surface area contributed by atoms with Crippen LogP contribution in [0.1, 0.15) is 31.9 Å². The lowest BCUT2D eigenvalue weighted by molar-refractivity contribution is -0.137. The largest absolute Gasteiger partial charge is 0.469 e. The van der Waals surface area contributed by atoms with E-state index in [0.29, 0.717) is 13.0 Å². The quantitative estimate of drug-likeness (QED) is 0.610. The Morgan fingerprint density at radius 3 is 3.00 bits per heavy atom. The molecule has 0 radical (unpaired) electrons. The van der Waals surface area contributed by atoms with Gasteiger partial charge in [0.2, 0.25) is 0 Å². The topological polar surface area (TPSA) is 59.7 Å². The zero-order chi connectivity index (χ0) is 12.7. The van der Waals surface area contributed by atoms with Crippen LogP contribution >= 0.6 is 0 Å². The van der Waals surface area contributed by atoms with Crippen molar-refractivity contribution in [3.63, 3.8) is 0 Å². The zero-order valence-electron chi connectivity index (χ0n) is 10.1. The van der Waals surface area contributed by atoms with Crippen molar-refractivity contribution >= 4 is 5.97 Å². The highest BCUT2D eigenvalue weighted by Gasteiger charge is 2.12. The molecule has 0 spiro atoms. The van der Waals surface area contributed by atoms with Gasteiger partial charge in [-0.05, 0) is 31.6 Å². The highest BCUT2D eigenvalue weighted by molar-refractivity contribution is 5.81. The zero-order valence-corrected chi connectivity index (χ0v) is 10.1. The van der Waals surface area contributed by atoms with Gasteiger partial charge in [0.15, 0.2) is 0 Å². The fraction of sp³-hybridized carbons (Fsp3) is 0.462. The number of rotatable bonds is 6. The van der Waals surface area contributed by atoms with E-state index in [4.69, 9.17) is 9.15 Å². The van der Waals surface area contributed by atoms with Gasteiger partial charge >= 0.3 is 5.97 Å². The molecule has 1 aromatic rings. The van der Waals surface area contributed by atoms with Crippen LogP contribution in [0.25, 0.3) is 0 Å². The number of hydrogen-bond donors (Lipinski definition) is 1. The Kier molecular flexibility index (Phi) is 5.49. The molecule has 0 saturated carbocycles. The van der Waals surface area contributed by atoms with E-state index in [1.165, 1.54) is 12.2 Å². The lowest BCUT2D eigenvalue weighted by atomic mass is 10.0. The first-order valence-electron chi connectivity index (χ1n) is 5.70. The Bertz CT molecular complexity index is 354. The SMILES string of the molecule is CCOC(=O)/C=C/C(O)CC(C)c1ccco1. The first-order chi connectivity index (χ1) is 8.13. The molecule has 0 amide bonds. The molecule has 1 N–H and O–H groups in total. The van der Waals surface area contributed by atoms with Crippen molar-refractivity contribution in [2.24, 2.45) is 0 Å². The van der Waals surface area contributed by atoms with Crippen LogP contribution in [-0.4, -0.2) is 23.8 Å². The summed E-state index contributed by atoms with van der Waals surface area (Å²) in [5, 5.41) is 9.70. The molecule has 0 aromatic carbocycles. The lowest BCUT2D eigenvalue weighted by Crippen LogP contribution is -2.09. The van der Waals surface area contributed by atoms with Crippen molar-refractivity contribution in [3.8, 4) is 0 Å². The molecule has 0 aliphatic heterocycles. The van der Waals surface area contributed by atoms with E-state index in [0.717, 1.165) is 5.76 Å². The summed E-state index contributed by atoms with van der Waals surface area (Å²) in [6.45, 7) is 4.03. The number of furan rings is 1. The standard InChI is InChI=1S/C13H18O4/c1-3-16-13(15)7-6-11(14)9-10(2)12-5-4-8-17-12/h4-8,10-11,14H,3,9H2,1-2H3/b7-6+. The third-order valence-electron chi connectivity index (χ3n) is 2.36. The predicted octanol–water partition coefficient (Wildman–Crippen LogP) is 2.25. The van der Waals surface area contributed by atoms with Crippen molar-refractivity contribution in [3.05, 3.63) is 36.3 Å². The van der Waals surface area contributed by atoms with Crippen LogP contribution in [0.3, 0.4) is 0 Å². The molecule has 2 unspecified atom stereocenters. The second-order valence-electron chi connectivity index (χ2n) is 3.83. The van der Waals surface area contributed by atoms with Crippen LogP contribution in [0, 0.1) is 0 Å². The van der Waals surface area contributed by atoms with Crippen molar-refractivity contribution in [2.75, 3.05) is 6.61 Å². The molecule has 1 aromatic heterocycles. The van der Waals surface area contributed by atoms with Gasteiger partial charge in [-0.25, -0.2) is 4.79 Å². The summed E-state index contributed by atoms with van der Waals surface area (Å²) in [5.74, 6) is 0.498. The van der Waals surface area contributed by atoms with Gasteiger partial charge in [-0.3, -0.25) is 0 Å². The molecule has 0 bridgehead atoms. The number of aliphatic hydroxyl groups is 1. The molecule has 2 atom stereocenters. The van der Waals surface area contributed by atoms with E-state index in [9.17, 15) is 9.90 Å². The molecular weight excluding hydrogens is 220 g/mol. The minimum Gasteiger partial charge on any atom is -0.469 e. The van der Waals surface area contributed by atoms with Gasteiger partial charge in [-0.1, -0.05) is 6.92 Å². The Balaban J connectivity index is 2.39. The maximum Gasteiger partial charge on any atom is 0.330 e. The first kappa shape index (κ1) is 13.5. The van der Waals surface area contributed by atoms with Crippen molar-refractivity contribution in [1.82, 2.24) is 0 Å². The van der Waals surface area contributed by atoms with Crippen LogP contribution in [0.5, 0.6) is 0 Å². The van der Waals surface area contributed by atoms with Gasteiger partial charge in [-0.15, -0.1) is 0 Å². The number of carbonyl (C=O) groups excluding carboxylic acids is 1. The molecule has 0 aliphatic carbocycles. The second kappa shape index (κ2) is 6.91. The van der Waals surface area contributed by atoms with Crippen LogP contribution in [-0.2, 0) is 9.53 Å². The molecule has 4 heteroatoms. The summed E-state index contributed by atoms with van der Waals surface area (Å²) in [4.78, 5) is 11.0. The summed E-state index contributed by atoms with van der Waals surface area (Å²) >= 11 is 0. The smallest absolute Gasteiger partial charge is 0.330 e. The van der Waals surface area contributed by atoms with Gasteiger partial charge in [0.25, 0.3) is 0 Å². The first-order valence-corrected chi connectivity index (χ1v) is 5.70. The average Bonchev–Trinajstić information content (AvgIpc) is 2.80. The third kappa shape index (κ3) is 4.87. The minimum absolute atomic E-state index is 0.104.